The summed E-state index contributed by atoms with van der Waals surface area (Å²) < 4.78 is 1.81. The van der Waals surface area contributed by atoms with E-state index in [1.807, 2.05) is 4.68 Å². The number of rotatable bonds is 6. The highest BCUT2D eigenvalue weighted by Gasteiger charge is 2.21. The Hall–Kier alpha value is -2.49. The lowest BCUT2D eigenvalue weighted by Gasteiger charge is -2.21. The number of anilines is 1. The van der Waals surface area contributed by atoms with Gasteiger partial charge in [0.15, 0.2) is 0 Å². The molecule has 0 unspecified atom stereocenters. The molecule has 26 heavy (non-hydrogen) atoms. The molecule has 10 heteroatoms. The number of amides is 1. The second-order valence-corrected chi connectivity index (χ2v) is 7.24. The second-order valence-electron chi connectivity index (χ2n) is 6.29. The van der Waals surface area contributed by atoms with Gasteiger partial charge in [0.25, 0.3) is 5.69 Å². The highest BCUT2D eigenvalue weighted by Crippen LogP contribution is 2.30. The Labute approximate surface area is 154 Å². The maximum atomic E-state index is 12.2. The Balaban J connectivity index is 1.59. The van der Waals surface area contributed by atoms with Crippen LogP contribution in [0.2, 0.25) is 0 Å². The van der Waals surface area contributed by atoms with Crippen molar-refractivity contribution in [1.29, 1.82) is 0 Å². The van der Waals surface area contributed by atoms with E-state index in [1.54, 1.807) is 19.1 Å². The summed E-state index contributed by atoms with van der Waals surface area (Å²) >= 11 is 1.27. The summed E-state index contributed by atoms with van der Waals surface area (Å²) in [5.41, 5.74) is 0.936. The molecular weight excluding hydrogens is 356 g/mol. The van der Waals surface area contributed by atoms with Crippen LogP contribution in [0.3, 0.4) is 0 Å². The molecule has 0 atom stereocenters. The van der Waals surface area contributed by atoms with Gasteiger partial charge in [0.1, 0.15) is 0 Å². The Morgan fingerprint density at radius 3 is 2.88 bits per heavy atom. The number of thioether (sulfide) groups is 1. The fourth-order valence-corrected chi connectivity index (χ4v) is 3.79. The van der Waals surface area contributed by atoms with Crippen molar-refractivity contribution in [2.75, 3.05) is 11.1 Å². The van der Waals surface area contributed by atoms with Crippen molar-refractivity contribution in [1.82, 2.24) is 20.2 Å². The molecule has 1 aliphatic rings. The molecule has 2 aromatic rings. The van der Waals surface area contributed by atoms with Gasteiger partial charge < -0.3 is 5.32 Å². The van der Waals surface area contributed by atoms with Crippen LogP contribution in [0.25, 0.3) is 0 Å². The van der Waals surface area contributed by atoms with Crippen molar-refractivity contribution in [3.8, 4) is 0 Å². The lowest BCUT2D eigenvalue weighted by Crippen LogP contribution is -2.17. The molecule has 9 nitrogen and oxygen atoms in total. The molecule has 0 aliphatic heterocycles. The number of nitrogens with one attached hydrogen (secondary N) is 1. The minimum Gasteiger partial charge on any atom is -0.325 e. The van der Waals surface area contributed by atoms with E-state index in [0.29, 0.717) is 22.4 Å². The maximum absolute atomic E-state index is 12.2. The standard InChI is InChI=1S/C16H20N6O3S/c1-11-7-8-12(9-14(11)22(24)25)17-15(23)10-26-16-18-19-20-21(16)13-5-3-2-4-6-13/h7-9,13H,2-6,10H2,1H3,(H,17,23). The molecule has 1 saturated carbocycles. The summed E-state index contributed by atoms with van der Waals surface area (Å²) in [6.07, 6.45) is 5.69. The number of aromatic nitrogens is 4. The smallest absolute Gasteiger partial charge is 0.274 e. The van der Waals surface area contributed by atoms with Gasteiger partial charge in [-0.2, -0.15) is 0 Å². The monoisotopic (exact) mass is 376 g/mol. The SMILES string of the molecule is Cc1ccc(NC(=O)CSc2nnnn2C2CCCCC2)cc1[N+](=O)[O-]. The van der Waals surface area contributed by atoms with Gasteiger partial charge in [-0.05, 0) is 36.3 Å². The van der Waals surface area contributed by atoms with Crippen LogP contribution in [0.1, 0.15) is 43.7 Å². The molecule has 0 spiro atoms. The van der Waals surface area contributed by atoms with E-state index in [9.17, 15) is 14.9 Å². The van der Waals surface area contributed by atoms with Gasteiger partial charge in [-0.25, -0.2) is 4.68 Å². The van der Waals surface area contributed by atoms with Gasteiger partial charge in [-0.1, -0.05) is 37.1 Å². The summed E-state index contributed by atoms with van der Waals surface area (Å²) in [5.74, 6) is -0.124. The second kappa shape index (κ2) is 8.26. The molecule has 1 fully saturated rings. The van der Waals surface area contributed by atoms with Crippen LogP contribution in [0.4, 0.5) is 11.4 Å². The van der Waals surface area contributed by atoms with Crippen molar-refractivity contribution < 1.29 is 9.72 Å². The van der Waals surface area contributed by atoms with E-state index in [1.165, 1.54) is 37.1 Å². The molecule has 0 bridgehead atoms. The third-order valence-electron chi connectivity index (χ3n) is 4.41. The summed E-state index contributed by atoms with van der Waals surface area (Å²) in [6, 6.07) is 4.93. The summed E-state index contributed by atoms with van der Waals surface area (Å²) in [4.78, 5) is 22.7. The molecule has 1 amide bonds. The molecule has 1 N–H and O–H groups in total. The number of nitrogens with zero attached hydrogens (tertiary/aromatic N) is 5. The van der Waals surface area contributed by atoms with Crippen molar-refractivity contribution in [2.45, 2.75) is 50.2 Å². The molecule has 1 aromatic carbocycles. The predicted molar refractivity (Wildman–Crippen MR) is 97.1 cm³/mol. The van der Waals surface area contributed by atoms with E-state index in [4.69, 9.17) is 0 Å². The number of nitro benzene ring substituents is 1. The first kappa shape index (κ1) is 18.3. The van der Waals surface area contributed by atoms with E-state index in [-0.39, 0.29) is 17.3 Å². The van der Waals surface area contributed by atoms with Gasteiger partial charge >= 0.3 is 0 Å². The van der Waals surface area contributed by atoms with E-state index >= 15 is 0 Å². The average molecular weight is 376 g/mol. The molecule has 1 aliphatic carbocycles. The zero-order valence-corrected chi connectivity index (χ0v) is 15.2. The van der Waals surface area contributed by atoms with Crippen molar-refractivity contribution in [3.05, 3.63) is 33.9 Å². The number of tetrazole rings is 1. The molecule has 3 rings (SSSR count). The molecule has 1 heterocycles. The van der Waals surface area contributed by atoms with Gasteiger partial charge in [-0.15, -0.1) is 5.10 Å². The minimum absolute atomic E-state index is 0.0169. The minimum atomic E-state index is -0.460. The first-order valence-electron chi connectivity index (χ1n) is 8.50. The Bertz CT molecular complexity index is 803. The van der Waals surface area contributed by atoms with Gasteiger partial charge in [0.05, 0.1) is 16.7 Å². The Morgan fingerprint density at radius 1 is 1.38 bits per heavy atom. The van der Waals surface area contributed by atoms with Crippen LogP contribution in [-0.2, 0) is 4.79 Å². The van der Waals surface area contributed by atoms with Crippen molar-refractivity contribution >= 4 is 29.0 Å². The van der Waals surface area contributed by atoms with Crippen LogP contribution in [0.15, 0.2) is 23.4 Å². The predicted octanol–water partition coefficient (Wildman–Crippen LogP) is 3.13. The number of carbonyl (C=O) groups is 1. The maximum Gasteiger partial charge on any atom is 0.274 e. The number of carbonyl (C=O) groups excluding carboxylic acids is 1. The van der Waals surface area contributed by atoms with Gasteiger partial charge in [-0.3, -0.25) is 14.9 Å². The fraction of sp³-hybridized carbons (Fsp3) is 0.500. The highest BCUT2D eigenvalue weighted by atomic mass is 32.2. The number of aryl methyl sites for hydroxylation is 1. The van der Waals surface area contributed by atoms with Crippen LogP contribution in [-0.4, -0.2) is 36.8 Å². The highest BCUT2D eigenvalue weighted by molar-refractivity contribution is 7.99. The topological polar surface area (TPSA) is 116 Å². The molecule has 0 radical (unpaired) electrons. The zero-order chi connectivity index (χ0) is 18.5. The van der Waals surface area contributed by atoms with Crippen molar-refractivity contribution in [3.63, 3.8) is 0 Å². The summed E-state index contributed by atoms with van der Waals surface area (Å²) in [5, 5.41) is 26.1. The lowest BCUT2D eigenvalue weighted by molar-refractivity contribution is -0.385. The van der Waals surface area contributed by atoms with E-state index < -0.39 is 4.92 Å². The average Bonchev–Trinajstić information content (AvgIpc) is 3.11. The largest absolute Gasteiger partial charge is 0.325 e. The number of benzene rings is 1. The number of hydrogen-bond acceptors (Lipinski definition) is 7. The number of nitro groups is 1. The lowest BCUT2D eigenvalue weighted by atomic mass is 9.96. The fourth-order valence-electron chi connectivity index (χ4n) is 3.05. The Morgan fingerprint density at radius 2 is 2.15 bits per heavy atom. The number of hydrogen-bond donors (Lipinski definition) is 1. The van der Waals surface area contributed by atoms with Gasteiger partial charge in [0.2, 0.25) is 11.1 Å². The molecule has 1 aromatic heterocycles. The van der Waals surface area contributed by atoms with Crippen LogP contribution >= 0.6 is 11.8 Å². The first-order valence-corrected chi connectivity index (χ1v) is 9.48. The van der Waals surface area contributed by atoms with Gasteiger partial charge in [0, 0.05) is 17.3 Å². The third-order valence-corrected chi connectivity index (χ3v) is 5.34. The van der Waals surface area contributed by atoms with Crippen molar-refractivity contribution in [2.24, 2.45) is 0 Å². The van der Waals surface area contributed by atoms with E-state index in [2.05, 4.69) is 20.8 Å². The third kappa shape index (κ3) is 4.37. The summed E-state index contributed by atoms with van der Waals surface area (Å²) in [7, 11) is 0. The van der Waals surface area contributed by atoms with Crippen LogP contribution < -0.4 is 5.32 Å². The van der Waals surface area contributed by atoms with Crippen LogP contribution in [0, 0.1) is 17.0 Å². The molecule has 0 saturated heterocycles. The summed E-state index contributed by atoms with van der Waals surface area (Å²) in [6.45, 7) is 1.66. The molecular formula is C16H20N6O3S. The van der Waals surface area contributed by atoms with E-state index in [0.717, 1.165) is 12.8 Å². The first-order chi connectivity index (χ1) is 12.5. The molecule has 138 valence electrons. The Kier molecular flexibility index (Phi) is 5.82. The quantitative estimate of drug-likeness (QED) is 0.468. The van der Waals surface area contributed by atoms with Crippen LogP contribution in [0.5, 0.6) is 0 Å². The zero-order valence-electron chi connectivity index (χ0n) is 14.4. The normalized spacial score (nSPS) is 15.0.